The first-order valence-corrected chi connectivity index (χ1v) is 18.0. The van der Waals surface area contributed by atoms with Crippen LogP contribution in [0, 0.1) is 18.1 Å². The SMILES string of the molecule is Cc1ccc(NC(=O)c2ccnc(C(F)(F)F)c2)cc1B1OC(C)(C)C(C)(C(C)c2cnc(C#CSI)c(N3CCOCC3)c2)O1. The molecule has 2 aliphatic rings. The van der Waals surface area contributed by atoms with E-state index in [0.717, 1.165) is 42.2 Å². The number of carbonyl (C=O) groups is 1. The summed E-state index contributed by atoms with van der Waals surface area (Å²) in [6.07, 6.45) is -1.85. The molecule has 1 N–H and O–H groups in total. The van der Waals surface area contributed by atoms with E-state index in [9.17, 15) is 18.0 Å². The zero-order valence-electron chi connectivity index (χ0n) is 26.0. The Morgan fingerprint density at radius 1 is 1.13 bits per heavy atom. The van der Waals surface area contributed by atoms with E-state index in [1.165, 1.54) is 15.0 Å². The molecule has 1 amide bonds. The van der Waals surface area contributed by atoms with Crippen LogP contribution in [0.2, 0.25) is 0 Å². The van der Waals surface area contributed by atoms with Crippen molar-refractivity contribution in [2.75, 3.05) is 36.5 Å². The van der Waals surface area contributed by atoms with Gasteiger partial charge >= 0.3 is 13.3 Å². The molecular weight excluding hydrogens is 731 g/mol. The lowest BCUT2D eigenvalue weighted by Gasteiger charge is -2.41. The van der Waals surface area contributed by atoms with E-state index in [2.05, 4.69) is 60.6 Å². The van der Waals surface area contributed by atoms with Crippen molar-refractivity contribution in [1.29, 1.82) is 0 Å². The molecule has 2 atom stereocenters. The lowest BCUT2D eigenvalue weighted by atomic mass is 9.74. The fourth-order valence-corrected chi connectivity index (χ4v) is 6.12. The zero-order valence-corrected chi connectivity index (χ0v) is 29.0. The lowest BCUT2D eigenvalue weighted by molar-refractivity contribution is -0.141. The van der Waals surface area contributed by atoms with Crippen molar-refractivity contribution >= 4 is 60.0 Å². The monoisotopic (exact) mass is 764 g/mol. The molecule has 14 heteroatoms. The fourth-order valence-electron chi connectivity index (χ4n) is 5.66. The predicted molar refractivity (Wildman–Crippen MR) is 183 cm³/mol. The zero-order chi connectivity index (χ0) is 33.3. The number of benzene rings is 1. The van der Waals surface area contributed by atoms with Gasteiger partial charge in [0.05, 0.1) is 30.1 Å². The smallest absolute Gasteiger partial charge is 0.399 e. The molecule has 2 fully saturated rings. The summed E-state index contributed by atoms with van der Waals surface area (Å²) in [5.74, 6) is 2.32. The molecule has 3 aromatic rings. The molecular formula is C32H33BF3IN4O4S. The number of pyridine rings is 2. The first-order chi connectivity index (χ1) is 21.7. The molecule has 1 aromatic carbocycles. The van der Waals surface area contributed by atoms with E-state index in [-0.39, 0.29) is 11.5 Å². The Hall–Kier alpha value is -2.84. The van der Waals surface area contributed by atoms with E-state index < -0.39 is 36.1 Å². The number of aromatic nitrogens is 2. The number of nitrogens with one attached hydrogen (secondary N) is 1. The van der Waals surface area contributed by atoms with Crippen molar-refractivity contribution in [3.05, 3.63) is 76.9 Å². The van der Waals surface area contributed by atoms with Gasteiger partial charge in [-0.1, -0.05) is 18.6 Å². The largest absolute Gasteiger partial charge is 0.495 e. The molecule has 0 aliphatic carbocycles. The first kappa shape index (κ1) is 34.5. The molecule has 8 nitrogen and oxygen atoms in total. The summed E-state index contributed by atoms with van der Waals surface area (Å²) in [6, 6.07) is 9.32. The molecule has 0 saturated carbocycles. The molecule has 0 spiro atoms. The predicted octanol–water partition coefficient (Wildman–Crippen LogP) is 6.37. The number of hydrogen-bond donors (Lipinski definition) is 1. The number of morpholine rings is 1. The molecule has 46 heavy (non-hydrogen) atoms. The van der Waals surface area contributed by atoms with Gasteiger partial charge in [-0.2, -0.15) is 13.2 Å². The van der Waals surface area contributed by atoms with Crippen LogP contribution in [0.25, 0.3) is 0 Å². The van der Waals surface area contributed by atoms with Crippen LogP contribution < -0.4 is 15.7 Å². The number of rotatable bonds is 6. The van der Waals surface area contributed by atoms with E-state index >= 15 is 0 Å². The molecule has 0 radical (unpaired) electrons. The van der Waals surface area contributed by atoms with Gasteiger partial charge < -0.3 is 24.3 Å². The van der Waals surface area contributed by atoms with E-state index in [1.807, 2.05) is 40.0 Å². The summed E-state index contributed by atoms with van der Waals surface area (Å²) >= 11 is 2.14. The van der Waals surface area contributed by atoms with Crippen LogP contribution in [0.3, 0.4) is 0 Å². The summed E-state index contributed by atoms with van der Waals surface area (Å²) in [5.41, 5.74) is 1.76. The Morgan fingerprint density at radius 3 is 2.57 bits per heavy atom. The highest BCUT2D eigenvalue weighted by Gasteiger charge is 2.57. The van der Waals surface area contributed by atoms with Crippen LogP contribution in [0.5, 0.6) is 0 Å². The maximum absolute atomic E-state index is 13.1. The van der Waals surface area contributed by atoms with Gasteiger partial charge in [0.2, 0.25) is 0 Å². The minimum absolute atomic E-state index is 0.154. The number of alkyl halides is 3. The van der Waals surface area contributed by atoms with Gasteiger partial charge in [0.15, 0.2) is 0 Å². The van der Waals surface area contributed by atoms with E-state index in [0.29, 0.717) is 30.1 Å². The number of amides is 1. The molecule has 2 saturated heterocycles. The second-order valence-corrected chi connectivity index (χ2v) is 13.6. The molecule has 5 rings (SSSR count). The van der Waals surface area contributed by atoms with Gasteiger partial charge in [-0.25, -0.2) is 4.98 Å². The standard InChI is InChI=1S/C32H33BF3IN4O4S/c1-20-6-7-24(40-29(42)22-8-10-38-28(17-22)32(34,35)36)18-25(20)33-44-30(3,4)31(5,45-33)21(2)23-16-27(41-11-13-43-14-12-41)26(39-19-23)9-15-46-37/h6-8,10,16-19,21H,11-14H2,1-5H3,(H,40,42). The Balaban J connectivity index is 1.40. The Labute approximate surface area is 283 Å². The van der Waals surface area contributed by atoms with Crippen molar-refractivity contribution < 1.29 is 32.0 Å². The van der Waals surface area contributed by atoms with Gasteiger partial charge in [0, 0.05) is 63.9 Å². The number of aryl methyl sites for hydroxylation is 1. The van der Waals surface area contributed by atoms with Crippen molar-refractivity contribution in [3.63, 3.8) is 0 Å². The number of hydrogen-bond acceptors (Lipinski definition) is 8. The highest BCUT2D eigenvalue weighted by molar-refractivity contribution is 14.2. The van der Waals surface area contributed by atoms with E-state index in [4.69, 9.17) is 19.0 Å². The Morgan fingerprint density at radius 2 is 1.87 bits per heavy atom. The van der Waals surface area contributed by atoms with Crippen LogP contribution in [0.4, 0.5) is 24.5 Å². The Kier molecular flexibility index (Phi) is 10.3. The van der Waals surface area contributed by atoms with Gasteiger partial charge in [0.25, 0.3) is 5.91 Å². The van der Waals surface area contributed by atoms with Gasteiger partial charge in [-0.05, 0) is 89.2 Å². The Bertz CT molecular complexity index is 1680. The summed E-state index contributed by atoms with van der Waals surface area (Å²) in [5, 5.41) is 5.74. The van der Waals surface area contributed by atoms with Crippen molar-refractivity contribution in [2.24, 2.45) is 0 Å². The second kappa shape index (κ2) is 13.7. The normalized spacial score (nSPS) is 20.2. The first-order valence-electron chi connectivity index (χ1n) is 14.7. The molecule has 0 bridgehead atoms. The number of ether oxygens (including phenoxy) is 1. The number of anilines is 2. The quantitative estimate of drug-likeness (QED) is 0.176. The highest BCUT2D eigenvalue weighted by atomic mass is 127. The average molecular weight is 764 g/mol. The van der Waals surface area contributed by atoms with E-state index in [1.54, 1.807) is 12.1 Å². The highest BCUT2D eigenvalue weighted by Crippen LogP contribution is 2.47. The molecule has 2 aromatic heterocycles. The topological polar surface area (TPSA) is 85.8 Å². The summed E-state index contributed by atoms with van der Waals surface area (Å²) in [7, 11) is 0.639. The third-order valence-corrected chi connectivity index (χ3v) is 9.67. The molecule has 242 valence electrons. The molecule has 2 aliphatic heterocycles. The number of nitrogens with zero attached hydrogens (tertiary/aromatic N) is 3. The maximum atomic E-state index is 13.1. The lowest BCUT2D eigenvalue weighted by Crippen LogP contribution is -2.48. The van der Waals surface area contributed by atoms with Crippen molar-refractivity contribution in [3.8, 4) is 11.2 Å². The average Bonchev–Trinajstić information content (AvgIpc) is 3.29. The van der Waals surface area contributed by atoms with Crippen LogP contribution in [0.15, 0.2) is 48.8 Å². The van der Waals surface area contributed by atoms with Crippen LogP contribution >= 0.6 is 30.1 Å². The van der Waals surface area contributed by atoms with Gasteiger partial charge in [0.1, 0.15) is 11.4 Å². The summed E-state index contributed by atoms with van der Waals surface area (Å²) in [6.45, 7) is 12.7. The minimum atomic E-state index is -4.66. The van der Waals surface area contributed by atoms with Crippen molar-refractivity contribution in [1.82, 2.24) is 9.97 Å². The number of carbonyl (C=O) groups excluding carboxylic acids is 1. The summed E-state index contributed by atoms with van der Waals surface area (Å²) in [4.78, 5) is 23.2. The maximum Gasteiger partial charge on any atom is 0.495 e. The molecule has 2 unspecified atom stereocenters. The third-order valence-electron chi connectivity index (χ3n) is 8.83. The van der Waals surface area contributed by atoms with Gasteiger partial charge in [-0.15, -0.1) is 0 Å². The third kappa shape index (κ3) is 7.18. The van der Waals surface area contributed by atoms with Crippen LogP contribution in [-0.2, 0) is 20.2 Å². The van der Waals surface area contributed by atoms with Crippen molar-refractivity contribution in [2.45, 2.75) is 57.9 Å². The minimum Gasteiger partial charge on any atom is -0.399 e. The fraction of sp³-hybridized carbons (Fsp3) is 0.406. The molecule has 4 heterocycles. The van der Waals surface area contributed by atoms with Gasteiger partial charge in [-0.3, -0.25) is 9.78 Å². The second-order valence-electron chi connectivity index (χ2n) is 11.9. The van der Waals surface area contributed by atoms with Crippen LogP contribution in [-0.4, -0.2) is 60.5 Å². The summed E-state index contributed by atoms with van der Waals surface area (Å²) < 4.78 is 58.3. The number of halogens is 4. The van der Waals surface area contributed by atoms with Crippen LogP contribution in [0.1, 0.15) is 66.5 Å².